The molecule has 0 fully saturated rings. The summed E-state index contributed by atoms with van der Waals surface area (Å²) in [5.41, 5.74) is 4.14. The number of imidazole rings is 1. The van der Waals surface area contributed by atoms with E-state index in [-0.39, 0.29) is 0 Å². The molecule has 2 aromatic heterocycles. The minimum atomic E-state index is -0.438. The van der Waals surface area contributed by atoms with E-state index < -0.39 is 5.97 Å². The minimum Gasteiger partial charge on any atom is -0.465 e. The smallest absolute Gasteiger partial charge is 0.338 e. The van der Waals surface area contributed by atoms with E-state index in [1.165, 1.54) is 7.11 Å². The zero-order valence-corrected chi connectivity index (χ0v) is 17.7. The van der Waals surface area contributed by atoms with Gasteiger partial charge in [0.05, 0.1) is 18.4 Å². The van der Waals surface area contributed by atoms with Crippen molar-refractivity contribution < 1.29 is 14.3 Å². The van der Waals surface area contributed by atoms with Crippen molar-refractivity contribution in [3.05, 3.63) is 77.4 Å². The van der Waals surface area contributed by atoms with Gasteiger partial charge < -0.3 is 14.3 Å². The molecule has 158 valence electrons. The van der Waals surface area contributed by atoms with Crippen LogP contribution < -0.4 is 0 Å². The van der Waals surface area contributed by atoms with Gasteiger partial charge in [0.2, 0.25) is 0 Å². The van der Waals surface area contributed by atoms with Crippen LogP contribution >= 0.6 is 0 Å². The van der Waals surface area contributed by atoms with Gasteiger partial charge in [0.1, 0.15) is 5.82 Å². The molecule has 0 saturated heterocycles. The monoisotopic (exact) mass is 415 g/mol. The third-order valence-electron chi connectivity index (χ3n) is 5.53. The van der Waals surface area contributed by atoms with Crippen molar-refractivity contribution in [1.82, 2.24) is 14.5 Å². The molecular weight excluding hydrogens is 390 g/mol. The standard InChI is InChI=1S/C25H25N3O3/c1-3-4-9-23-26-12-13-28(23)15-17-10-11-22-20(14-17)21(16-29)24(27-22)18-7-5-6-8-19(18)25(30)31-2/h5-8,10-14,16,27H,3-4,9,15H2,1-2H3. The van der Waals surface area contributed by atoms with Crippen LogP contribution in [0.1, 0.15) is 51.9 Å². The third kappa shape index (κ3) is 4.01. The van der Waals surface area contributed by atoms with Gasteiger partial charge in [-0.3, -0.25) is 4.79 Å². The van der Waals surface area contributed by atoms with Gasteiger partial charge in [0.15, 0.2) is 6.29 Å². The molecule has 0 saturated carbocycles. The molecule has 4 aromatic rings. The number of aryl methyl sites for hydroxylation is 1. The van der Waals surface area contributed by atoms with Crippen LogP contribution in [0.2, 0.25) is 0 Å². The van der Waals surface area contributed by atoms with Gasteiger partial charge in [-0.05, 0) is 30.2 Å². The van der Waals surface area contributed by atoms with Gasteiger partial charge in [-0.2, -0.15) is 0 Å². The van der Waals surface area contributed by atoms with Gasteiger partial charge in [-0.25, -0.2) is 9.78 Å². The topological polar surface area (TPSA) is 77.0 Å². The number of methoxy groups -OCH3 is 1. The van der Waals surface area contributed by atoms with Crippen molar-refractivity contribution in [3.8, 4) is 11.3 Å². The first-order valence-corrected chi connectivity index (χ1v) is 10.4. The van der Waals surface area contributed by atoms with Gasteiger partial charge in [0, 0.05) is 47.4 Å². The lowest BCUT2D eigenvalue weighted by molar-refractivity contribution is 0.0601. The van der Waals surface area contributed by atoms with Gasteiger partial charge in [-0.15, -0.1) is 0 Å². The molecule has 0 aliphatic carbocycles. The second kappa shape index (κ2) is 9.00. The van der Waals surface area contributed by atoms with Crippen LogP contribution in [0.25, 0.3) is 22.2 Å². The first-order chi connectivity index (χ1) is 15.2. The Morgan fingerprint density at radius 3 is 2.84 bits per heavy atom. The van der Waals surface area contributed by atoms with Crippen LogP contribution in [-0.2, 0) is 17.7 Å². The van der Waals surface area contributed by atoms with E-state index in [1.54, 1.807) is 12.1 Å². The highest BCUT2D eigenvalue weighted by Crippen LogP contribution is 2.32. The maximum Gasteiger partial charge on any atom is 0.338 e. The normalized spacial score (nSPS) is 11.0. The largest absolute Gasteiger partial charge is 0.465 e. The van der Waals surface area contributed by atoms with E-state index in [4.69, 9.17) is 4.74 Å². The second-order valence-electron chi connectivity index (χ2n) is 7.52. The molecule has 0 bridgehead atoms. The van der Waals surface area contributed by atoms with Crippen molar-refractivity contribution in [2.75, 3.05) is 7.11 Å². The average molecular weight is 415 g/mol. The molecule has 2 aromatic carbocycles. The van der Waals surface area contributed by atoms with Crippen LogP contribution in [0.5, 0.6) is 0 Å². The highest BCUT2D eigenvalue weighted by atomic mass is 16.5. The Morgan fingerprint density at radius 1 is 1.23 bits per heavy atom. The Labute approximate surface area is 180 Å². The summed E-state index contributed by atoms with van der Waals surface area (Å²) in [6, 6.07) is 13.2. The zero-order valence-electron chi connectivity index (χ0n) is 17.7. The van der Waals surface area contributed by atoms with E-state index in [2.05, 4.69) is 21.5 Å². The van der Waals surface area contributed by atoms with Crippen LogP contribution in [0, 0.1) is 0 Å². The van der Waals surface area contributed by atoms with Crippen molar-refractivity contribution in [1.29, 1.82) is 0 Å². The summed E-state index contributed by atoms with van der Waals surface area (Å²) >= 11 is 0. The summed E-state index contributed by atoms with van der Waals surface area (Å²) in [6.07, 6.45) is 7.84. The molecule has 0 amide bonds. The Bertz CT molecular complexity index is 1240. The molecule has 0 aliphatic heterocycles. The molecule has 6 nitrogen and oxygen atoms in total. The maximum absolute atomic E-state index is 12.2. The van der Waals surface area contributed by atoms with Crippen LogP contribution in [0.15, 0.2) is 54.9 Å². The number of hydrogen-bond acceptors (Lipinski definition) is 4. The lowest BCUT2D eigenvalue weighted by Crippen LogP contribution is -2.04. The van der Waals surface area contributed by atoms with E-state index in [0.29, 0.717) is 28.9 Å². The van der Waals surface area contributed by atoms with Gasteiger partial charge in [0.25, 0.3) is 0 Å². The number of fused-ring (bicyclic) bond motifs is 1. The first kappa shape index (κ1) is 20.6. The van der Waals surface area contributed by atoms with Crippen LogP contribution in [-0.4, -0.2) is 33.9 Å². The van der Waals surface area contributed by atoms with Crippen molar-refractivity contribution in [3.63, 3.8) is 0 Å². The average Bonchev–Trinajstić information content (AvgIpc) is 3.40. The predicted octanol–water partition coefficient (Wildman–Crippen LogP) is 5.02. The van der Waals surface area contributed by atoms with E-state index in [1.807, 2.05) is 42.7 Å². The number of aromatic amines is 1. The Kier molecular flexibility index (Phi) is 5.98. The predicted molar refractivity (Wildman–Crippen MR) is 120 cm³/mol. The summed E-state index contributed by atoms with van der Waals surface area (Å²) in [6.45, 7) is 2.86. The SMILES string of the molecule is CCCCc1nccn1Cc1ccc2[nH]c(-c3ccccc3C(=O)OC)c(C=O)c2c1. The number of esters is 1. The van der Waals surface area contributed by atoms with Crippen LogP contribution in [0.3, 0.4) is 0 Å². The molecule has 0 aliphatic rings. The number of nitrogens with one attached hydrogen (secondary N) is 1. The number of benzene rings is 2. The van der Waals surface area contributed by atoms with E-state index >= 15 is 0 Å². The minimum absolute atomic E-state index is 0.416. The molecule has 1 N–H and O–H groups in total. The van der Waals surface area contributed by atoms with E-state index in [9.17, 15) is 9.59 Å². The number of aromatic nitrogens is 3. The Balaban J connectivity index is 1.75. The molecule has 0 unspecified atom stereocenters. The summed E-state index contributed by atoms with van der Waals surface area (Å²) in [5, 5.41) is 0.831. The quantitative estimate of drug-likeness (QED) is 0.324. The maximum atomic E-state index is 12.2. The van der Waals surface area contributed by atoms with Gasteiger partial charge >= 0.3 is 5.97 Å². The number of ether oxygens (including phenoxy) is 1. The fourth-order valence-electron chi connectivity index (χ4n) is 3.93. The number of nitrogens with zero attached hydrogens (tertiary/aromatic N) is 2. The van der Waals surface area contributed by atoms with E-state index in [0.717, 1.165) is 47.8 Å². The van der Waals surface area contributed by atoms with Gasteiger partial charge in [-0.1, -0.05) is 37.6 Å². The van der Waals surface area contributed by atoms with Crippen molar-refractivity contribution in [2.24, 2.45) is 0 Å². The Morgan fingerprint density at radius 2 is 2.06 bits per heavy atom. The van der Waals surface area contributed by atoms with Crippen LogP contribution in [0.4, 0.5) is 0 Å². The lowest BCUT2D eigenvalue weighted by atomic mass is 10.0. The summed E-state index contributed by atoms with van der Waals surface area (Å²) in [7, 11) is 1.35. The number of rotatable bonds is 8. The van der Waals surface area contributed by atoms with Crippen molar-refractivity contribution in [2.45, 2.75) is 32.7 Å². The first-order valence-electron chi connectivity index (χ1n) is 10.4. The summed E-state index contributed by atoms with van der Waals surface area (Å²) in [5.74, 6) is 0.630. The second-order valence-corrected chi connectivity index (χ2v) is 7.52. The number of carbonyl (C=O) groups excluding carboxylic acids is 2. The molecule has 0 spiro atoms. The molecule has 4 rings (SSSR count). The summed E-state index contributed by atoms with van der Waals surface area (Å²) in [4.78, 5) is 32.1. The number of unbranched alkanes of at least 4 members (excludes halogenated alkanes) is 1. The molecular formula is C25H25N3O3. The Hall–Kier alpha value is -3.67. The summed E-state index contributed by atoms with van der Waals surface area (Å²) < 4.78 is 7.06. The highest BCUT2D eigenvalue weighted by molar-refractivity contribution is 6.07. The number of aldehydes is 1. The van der Waals surface area contributed by atoms with Crippen molar-refractivity contribution >= 4 is 23.2 Å². The zero-order chi connectivity index (χ0) is 21.8. The third-order valence-corrected chi connectivity index (χ3v) is 5.53. The lowest BCUT2D eigenvalue weighted by Gasteiger charge is -2.08. The number of hydrogen-bond donors (Lipinski definition) is 1. The molecule has 0 atom stereocenters. The molecule has 31 heavy (non-hydrogen) atoms. The molecule has 0 radical (unpaired) electrons. The number of carbonyl (C=O) groups is 2. The highest BCUT2D eigenvalue weighted by Gasteiger charge is 2.19. The fraction of sp³-hybridized carbons (Fsp3) is 0.240. The fourth-order valence-corrected chi connectivity index (χ4v) is 3.93. The molecule has 2 heterocycles. The molecule has 6 heteroatoms. The number of H-pyrrole nitrogens is 1.